The molecular formula is C10H16FN3O. The number of halogens is 1. The average Bonchev–Trinajstić information content (AvgIpc) is 2.21. The molecule has 2 atom stereocenters. The molecule has 0 aliphatic rings. The predicted octanol–water partition coefficient (Wildman–Crippen LogP) is 0.834. The summed E-state index contributed by atoms with van der Waals surface area (Å²) < 4.78 is 12.9. The van der Waals surface area contributed by atoms with Gasteiger partial charge in [0, 0.05) is 17.6 Å². The number of nitrogens with one attached hydrogen (secondary N) is 1. The minimum Gasteiger partial charge on any atom is -0.395 e. The van der Waals surface area contributed by atoms with Gasteiger partial charge in [-0.3, -0.25) is 0 Å². The minimum absolute atomic E-state index is 0.0208. The van der Waals surface area contributed by atoms with E-state index in [0.29, 0.717) is 11.4 Å². The van der Waals surface area contributed by atoms with Gasteiger partial charge in [0.2, 0.25) is 0 Å². The van der Waals surface area contributed by atoms with Crippen LogP contribution in [0.5, 0.6) is 0 Å². The third kappa shape index (κ3) is 3.14. The van der Waals surface area contributed by atoms with Crippen molar-refractivity contribution in [1.29, 1.82) is 0 Å². The van der Waals surface area contributed by atoms with Crippen LogP contribution in [0.3, 0.4) is 0 Å². The van der Waals surface area contributed by atoms with Crippen molar-refractivity contribution < 1.29 is 9.50 Å². The lowest BCUT2D eigenvalue weighted by Gasteiger charge is -2.19. The molecule has 5 heteroatoms. The number of anilines is 1. The van der Waals surface area contributed by atoms with Crippen LogP contribution >= 0.6 is 0 Å². The molecule has 15 heavy (non-hydrogen) atoms. The molecule has 0 aliphatic carbocycles. The second-order valence-corrected chi connectivity index (χ2v) is 3.60. The first-order valence-electron chi connectivity index (χ1n) is 4.82. The second kappa shape index (κ2) is 5.04. The van der Waals surface area contributed by atoms with Crippen LogP contribution in [0.15, 0.2) is 12.3 Å². The van der Waals surface area contributed by atoms with E-state index in [9.17, 15) is 4.39 Å². The maximum absolute atomic E-state index is 12.9. The van der Waals surface area contributed by atoms with E-state index in [-0.39, 0.29) is 18.7 Å². The quantitative estimate of drug-likeness (QED) is 0.693. The number of hydrogen-bond donors (Lipinski definition) is 3. The Morgan fingerprint density at radius 3 is 2.87 bits per heavy atom. The normalized spacial score (nSPS) is 14.9. The van der Waals surface area contributed by atoms with E-state index >= 15 is 0 Å². The van der Waals surface area contributed by atoms with Gasteiger partial charge in [0.05, 0.1) is 12.8 Å². The van der Waals surface area contributed by atoms with Crippen molar-refractivity contribution in [3.8, 4) is 0 Å². The first-order chi connectivity index (χ1) is 7.04. The van der Waals surface area contributed by atoms with Crippen LogP contribution in [0.1, 0.15) is 25.5 Å². The van der Waals surface area contributed by atoms with Crippen molar-refractivity contribution in [3.05, 3.63) is 23.6 Å². The Labute approximate surface area is 88.3 Å². The summed E-state index contributed by atoms with van der Waals surface area (Å²) in [5, 5.41) is 11.9. The summed E-state index contributed by atoms with van der Waals surface area (Å²) in [4.78, 5) is 3.73. The fraction of sp³-hybridized carbons (Fsp3) is 0.500. The Balaban J connectivity index is 2.80. The zero-order valence-electron chi connectivity index (χ0n) is 8.87. The third-order valence-electron chi connectivity index (χ3n) is 2.19. The van der Waals surface area contributed by atoms with Crippen LogP contribution in [0.4, 0.5) is 10.2 Å². The number of aliphatic hydroxyl groups is 1. The Kier molecular flexibility index (Phi) is 3.99. The standard InChI is InChI=1S/C10H16FN3O/c1-6(5-15)14-7(2)9-3-8(11)4-13-10(9)12/h3-4,6-7,14-15H,5H2,1-2H3,(H2,12,13)/t6-,7+/m0/s1. The number of nitrogens with zero attached hydrogens (tertiary/aromatic N) is 1. The van der Waals surface area contributed by atoms with Crippen LogP contribution in [0.25, 0.3) is 0 Å². The molecule has 0 saturated heterocycles. The summed E-state index contributed by atoms with van der Waals surface area (Å²) in [6.07, 6.45) is 1.08. The topological polar surface area (TPSA) is 71.2 Å². The fourth-order valence-corrected chi connectivity index (χ4v) is 1.38. The third-order valence-corrected chi connectivity index (χ3v) is 2.19. The summed E-state index contributed by atoms with van der Waals surface area (Å²) >= 11 is 0. The highest BCUT2D eigenvalue weighted by atomic mass is 19.1. The zero-order chi connectivity index (χ0) is 11.4. The Morgan fingerprint density at radius 2 is 2.27 bits per heavy atom. The molecule has 0 aromatic carbocycles. The molecule has 84 valence electrons. The highest BCUT2D eigenvalue weighted by Crippen LogP contribution is 2.19. The largest absolute Gasteiger partial charge is 0.395 e. The Morgan fingerprint density at radius 1 is 1.60 bits per heavy atom. The monoisotopic (exact) mass is 213 g/mol. The number of hydrogen-bond acceptors (Lipinski definition) is 4. The molecule has 4 N–H and O–H groups in total. The summed E-state index contributed by atoms with van der Waals surface area (Å²) in [5.74, 6) is -0.106. The number of nitrogens with two attached hydrogens (primary N) is 1. The molecule has 0 amide bonds. The van der Waals surface area contributed by atoms with Gasteiger partial charge in [-0.15, -0.1) is 0 Å². The first kappa shape index (κ1) is 11.9. The van der Waals surface area contributed by atoms with Gasteiger partial charge in [0.1, 0.15) is 11.6 Å². The summed E-state index contributed by atoms with van der Waals surface area (Å²) in [5.41, 5.74) is 6.23. The van der Waals surface area contributed by atoms with E-state index in [1.54, 1.807) is 0 Å². The predicted molar refractivity (Wildman–Crippen MR) is 56.7 cm³/mol. The highest BCUT2D eigenvalue weighted by Gasteiger charge is 2.13. The first-order valence-corrected chi connectivity index (χ1v) is 4.82. The van der Waals surface area contributed by atoms with Gasteiger partial charge in [-0.2, -0.15) is 0 Å². The van der Waals surface area contributed by atoms with E-state index in [0.717, 1.165) is 6.20 Å². The van der Waals surface area contributed by atoms with Crippen molar-refractivity contribution in [1.82, 2.24) is 10.3 Å². The molecule has 1 heterocycles. The number of rotatable bonds is 4. The lowest BCUT2D eigenvalue weighted by atomic mass is 10.1. The molecule has 1 rings (SSSR count). The highest BCUT2D eigenvalue weighted by molar-refractivity contribution is 5.40. The molecule has 0 unspecified atom stereocenters. The molecule has 0 bridgehead atoms. The second-order valence-electron chi connectivity index (χ2n) is 3.60. The lowest BCUT2D eigenvalue weighted by molar-refractivity contribution is 0.243. The van der Waals surface area contributed by atoms with E-state index < -0.39 is 5.82 Å². The SMILES string of the molecule is C[C@@H](CO)N[C@H](C)c1cc(F)cnc1N. The van der Waals surface area contributed by atoms with Crippen molar-refractivity contribution >= 4 is 5.82 Å². The van der Waals surface area contributed by atoms with Crippen LogP contribution in [-0.2, 0) is 0 Å². The van der Waals surface area contributed by atoms with Crippen molar-refractivity contribution in [3.63, 3.8) is 0 Å². The number of pyridine rings is 1. The van der Waals surface area contributed by atoms with Gasteiger partial charge in [-0.05, 0) is 19.9 Å². The van der Waals surface area contributed by atoms with Crippen molar-refractivity contribution in [2.24, 2.45) is 0 Å². The number of nitrogen functional groups attached to an aromatic ring is 1. The lowest BCUT2D eigenvalue weighted by Crippen LogP contribution is -2.32. The molecule has 0 aliphatic heterocycles. The van der Waals surface area contributed by atoms with Gasteiger partial charge >= 0.3 is 0 Å². The fourth-order valence-electron chi connectivity index (χ4n) is 1.38. The van der Waals surface area contributed by atoms with Gasteiger partial charge in [-0.1, -0.05) is 0 Å². The zero-order valence-corrected chi connectivity index (χ0v) is 8.87. The van der Waals surface area contributed by atoms with E-state index in [1.165, 1.54) is 6.07 Å². The molecule has 4 nitrogen and oxygen atoms in total. The summed E-state index contributed by atoms with van der Waals surface area (Å²) in [6, 6.07) is 1.14. The van der Waals surface area contributed by atoms with Gasteiger partial charge < -0.3 is 16.2 Å². The van der Waals surface area contributed by atoms with E-state index in [1.807, 2.05) is 13.8 Å². The minimum atomic E-state index is -0.412. The summed E-state index contributed by atoms with van der Waals surface area (Å²) in [6.45, 7) is 3.70. The molecule has 0 saturated carbocycles. The number of aromatic nitrogens is 1. The van der Waals surface area contributed by atoms with Gasteiger partial charge in [0.15, 0.2) is 0 Å². The molecule has 1 aromatic heterocycles. The Hall–Kier alpha value is -1.20. The van der Waals surface area contributed by atoms with Gasteiger partial charge in [-0.25, -0.2) is 9.37 Å². The average molecular weight is 213 g/mol. The summed E-state index contributed by atoms with van der Waals surface area (Å²) in [7, 11) is 0. The van der Waals surface area contributed by atoms with E-state index in [2.05, 4.69) is 10.3 Å². The van der Waals surface area contributed by atoms with Crippen molar-refractivity contribution in [2.75, 3.05) is 12.3 Å². The maximum atomic E-state index is 12.9. The van der Waals surface area contributed by atoms with E-state index in [4.69, 9.17) is 10.8 Å². The molecule has 1 aromatic rings. The molecule has 0 radical (unpaired) electrons. The van der Waals surface area contributed by atoms with Crippen LogP contribution in [0, 0.1) is 5.82 Å². The molecule has 0 spiro atoms. The Bertz CT molecular complexity index is 332. The van der Waals surface area contributed by atoms with Crippen LogP contribution in [0.2, 0.25) is 0 Å². The van der Waals surface area contributed by atoms with Gasteiger partial charge in [0.25, 0.3) is 0 Å². The van der Waals surface area contributed by atoms with Crippen molar-refractivity contribution in [2.45, 2.75) is 25.9 Å². The molecular weight excluding hydrogens is 197 g/mol. The van der Waals surface area contributed by atoms with Crippen LogP contribution in [-0.4, -0.2) is 22.7 Å². The number of aliphatic hydroxyl groups excluding tert-OH is 1. The maximum Gasteiger partial charge on any atom is 0.141 e. The molecule has 0 fully saturated rings. The van der Waals surface area contributed by atoms with Crippen LogP contribution < -0.4 is 11.1 Å². The smallest absolute Gasteiger partial charge is 0.141 e.